The van der Waals surface area contributed by atoms with Gasteiger partial charge in [-0.1, -0.05) is 0 Å². The van der Waals surface area contributed by atoms with E-state index in [0.29, 0.717) is 0 Å². The molecule has 0 saturated carbocycles. The molecule has 0 unspecified atom stereocenters. The molecule has 2 aromatic rings. The zero-order valence-electron chi connectivity index (χ0n) is 8.95. The number of hydrogen-bond acceptors (Lipinski definition) is 3. The van der Waals surface area contributed by atoms with Crippen molar-refractivity contribution in [1.29, 1.82) is 0 Å². The quantitative estimate of drug-likeness (QED) is 0.804. The lowest BCUT2D eigenvalue weighted by Crippen LogP contribution is -2.03. The molecule has 0 amide bonds. The molecule has 0 aliphatic carbocycles. The number of imidazole rings is 2. The average Bonchev–Trinajstić information content (AvgIpc) is 2.88. The fraction of sp³-hybridized carbons (Fsp3) is 0.400. The van der Waals surface area contributed by atoms with Crippen LogP contribution in [0.15, 0.2) is 37.4 Å². The smallest absolute Gasteiger partial charge is 0.0945 e. The summed E-state index contributed by atoms with van der Waals surface area (Å²) in [5.41, 5.74) is 5.31. The van der Waals surface area contributed by atoms with Gasteiger partial charge in [0.25, 0.3) is 0 Å². The fourth-order valence-electron chi connectivity index (χ4n) is 1.02. The van der Waals surface area contributed by atoms with E-state index in [-0.39, 0.29) is 0 Å². The van der Waals surface area contributed by atoms with Crippen LogP contribution in [0.3, 0.4) is 0 Å². The van der Waals surface area contributed by atoms with Crippen molar-refractivity contribution in [3.05, 3.63) is 37.4 Å². The first kappa shape index (κ1) is 11.5. The maximum Gasteiger partial charge on any atom is 0.0945 e. The SMILES string of the molecule is Cn1ccnc1.NCCCn1ccnc1. The normalized spacial score (nSPS) is 9.47. The maximum absolute atomic E-state index is 5.31. The molecule has 2 rings (SSSR count). The van der Waals surface area contributed by atoms with Gasteiger partial charge >= 0.3 is 0 Å². The molecule has 0 spiro atoms. The Bertz CT molecular complexity index is 325. The van der Waals surface area contributed by atoms with E-state index in [4.69, 9.17) is 5.73 Å². The summed E-state index contributed by atoms with van der Waals surface area (Å²) < 4.78 is 3.91. The highest BCUT2D eigenvalue weighted by molar-refractivity contribution is 4.73. The summed E-state index contributed by atoms with van der Waals surface area (Å²) in [6, 6.07) is 0. The van der Waals surface area contributed by atoms with E-state index in [1.54, 1.807) is 25.0 Å². The lowest BCUT2D eigenvalue weighted by atomic mass is 10.4. The van der Waals surface area contributed by atoms with Gasteiger partial charge in [0.2, 0.25) is 0 Å². The summed E-state index contributed by atoms with van der Waals surface area (Å²) in [5, 5.41) is 0. The molecule has 5 nitrogen and oxygen atoms in total. The molecular formula is C10H17N5. The third-order valence-corrected chi connectivity index (χ3v) is 1.82. The Morgan fingerprint density at radius 3 is 2.27 bits per heavy atom. The van der Waals surface area contributed by atoms with Gasteiger partial charge in [0.05, 0.1) is 12.7 Å². The lowest BCUT2D eigenvalue weighted by Gasteiger charge is -1.96. The zero-order chi connectivity index (χ0) is 10.9. The average molecular weight is 207 g/mol. The van der Waals surface area contributed by atoms with Crippen molar-refractivity contribution in [2.75, 3.05) is 6.54 Å². The minimum atomic E-state index is 0.748. The number of nitrogens with two attached hydrogens (primary N) is 1. The number of hydrogen-bond donors (Lipinski definition) is 1. The van der Waals surface area contributed by atoms with Crippen LogP contribution in [0.2, 0.25) is 0 Å². The summed E-state index contributed by atoms with van der Waals surface area (Å²) in [6.45, 7) is 1.73. The van der Waals surface area contributed by atoms with E-state index < -0.39 is 0 Å². The van der Waals surface area contributed by atoms with Crippen molar-refractivity contribution >= 4 is 0 Å². The highest BCUT2D eigenvalue weighted by atomic mass is 15.0. The van der Waals surface area contributed by atoms with Gasteiger partial charge in [0.15, 0.2) is 0 Å². The summed E-state index contributed by atoms with van der Waals surface area (Å²) >= 11 is 0. The summed E-state index contributed by atoms with van der Waals surface area (Å²) in [7, 11) is 1.94. The minimum absolute atomic E-state index is 0.748. The van der Waals surface area contributed by atoms with Gasteiger partial charge in [-0.15, -0.1) is 0 Å². The van der Waals surface area contributed by atoms with Crippen LogP contribution in [0.5, 0.6) is 0 Å². The molecule has 0 radical (unpaired) electrons. The third kappa shape index (κ3) is 4.97. The molecule has 0 bridgehead atoms. The van der Waals surface area contributed by atoms with Gasteiger partial charge in [0, 0.05) is 38.4 Å². The standard InChI is InChI=1S/C6H11N3.C4H6N2/c7-2-1-4-9-5-3-8-6-9;1-6-3-2-5-4-6/h3,5-6H,1-2,4,7H2;2-4H,1H3. The predicted octanol–water partition coefficient (Wildman–Crippen LogP) is 0.652. The Morgan fingerprint density at radius 2 is 1.87 bits per heavy atom. The van der Waals surface area contributed by atoms with Gasteiger partial charge in [-0.2, -0.15) is 0 Å². The zero-order valence-corrected chi connectivity index (χ0v) is 8.95. The van der Waals surface area contributed by atoms with Crippen molar-refractivity contribution in [3.8, 4) is 0 Å². The monoisotopic (exact) mass is 207 g/mol. The molecule has 2 heterocycles. The molecule has 15 heavy (non-hydrogen) atoms. The van der Waals surface area contributed by atoms with Crippen LogP contribution < -0.4 is 5.73 Å². The Balaban J connectivity index is 0.000000162. The molecule has 2 N–H and O–H groups in total. The Labute approximate surface area is 89.6 Å². The molecule has 0 saturated heterocycles. The fourth-order valence-corrected chi connectivity index (χ4v) is 1.02. The van der Waals surface area contributed by atoms with Crippen molar-refractivity contribution in [2.45, 2.75) is 13.0 Å². The molecule has 2 aromatic heterocycles. The van der Waals surface area contributed by atoms with E-state index in [2.05, 4.69) is 9.97 Å². The Morgan fingerprint density at radius 1 is 1.13 bits per heavy atom. The van der Waals surface area contributed by atoms with Gasteiger partial charge in [0.1, 0.15) is 0 Å². The van der Waals surface area contributed by atoms with Crippen molar-refractivity contribution in [3.63, 3.8) is 0 Å². The highest BCUT2D eigenvalue weighted by Crippen LogP contribution is 1.87. The van der Waals surface area contributed by atoms with Gasteiger partial charge in [-0.25, -0.2) is 9.97 Å². The molecule has 0 aliphatic rings. The first-order valence-electron chi connectivity index (χ1n) is 4.90. The first-order valence-corrected chi connectivity index (χ1v) is 4.90. The Kier molecular flexibility index (Phi) is 5.18. The van der Waals surface area contributed by atoms with Gasteiger partial charge in [-0.05, 0) is 13.0 Å². The van der Waals surface area contributed by atoms with Crippen LogP contribution in [0, 0.1) is 0 Å². The second-order valence-corrected chi connectivity index (χ2v) is 3.17. The molecule has 82 valence electrons. The van der Waals surface area contributed by atoms with Crippen LogP contribution in [-0.2, 0) is 13.6 Å². The van der Waals surface area contributed by atoms with Gasteiger partial charge in [-0.3, -0.25) is 0 Å². The number of aryl methyl sites for hydroxylation is 2. The van der Waals surface area contributed by atoms with Crippen molar-refractivity contribution in [2.24, 2.45) is 12.8 Å². The van der Waals surface area contributed by atoms with Crippen LogP contribution in [-0.4, -0.2) is 25.6 Å². The van der Waals surface area contributed by atoms with Crippen molar-refractivity contribution < 1.29 is 0 Å². The number of nitrogens with zero attached hydrogens (tertiary/aromatic N) is 4. The maximum atomic E-state index is 5.31. The lowest BCUT2D eigenvalue weighted by molar-refractivity contribution is 0.650. The second-order valence-electron chi connectivity index (χ2n) is 3.17. The van der Waals surface area contributed by atoms with Gasteiger partial charge < -0.3 is 14.9 Å². The van der Waals surface area contributed by atoms with Crippen LogP contribution in [0.25, 0.3) is 0 Å². The molecule has 0 aliphatic heterocycles. The first-order chi connectivity index (χ1) is 7.33. The van der Waals surface area contributed by atoms with E-state index >= 15 is 0 Å². The minimum Gasteiger partial charge on any atom is -0.341 e. The topological polar surface area (TPSA) is 61.7 Å². The van der Waals surface area contributed by atoms with Crippen LogP contribution in [0.4, 0.5) is 0 Å². The molecule has 5 heteroatoms. The molecular weight excluding hydrogens is 190 g/mol. The summed E-state index contributed by atoms with van der Waals surface area (Å²) in [6.07, 6.45) is 11.9. The van der Waals surface area contributed by atoms with Crippen LogP contribution >= 0.6 is 0 Å². The third-order valence-electron chi connectivity index (χ3n) is 1.82. The van der Waals surface area contributed by atoms with E-state index in [1.807, 2.05) is 28.6 Å². The van der Waals surface area contributed by atoms with E-state index in [9.17, 15) is 0 Å². The Hall–Kier alpha value is -1.62. The number of rotatable bonds is 3. The number of aromatic nitrogens is 4. The largest absolute Gasteiger partial charge is 0.341 e. The molecule has 0 atom stereocenters. The van der Waals surface area contributed by atoms with Crippen LogP contribution in [0.1, 0.15) is 6.42 Å². The summed E-state index contributed by atoms with van der Waals surface area (Å²) in [5.74, 6) is 0. The highest BCUT2D eigenvalue weighted by Gasteiger charge is 1.85. The molecule has 0 fully saturated rings. The second kappa shape index (κ2) is 6.78. The van der Waals surface area contributed by atoms with E-state index in [1.165, 1.54) is 0 Å². The van der Waals surface area contributed by atoms with E-state index in [0.717, 1.165) is 19.5 Å². The van der Waals surface area contributed by atoms with Crippen molar-refractivity contribution in [1.82, 2.24) is 19.1 Å². The summed E-state index contributed by atoms with van der Waals surface area (Å²) in [4.78, 5) is 7.68. The predicted molar refractivity (Wildman–Crippen MR) is 59.1 cm³/mol. The molecule has 0 aromatic carbocycles.